The Bertz CT molecular complexity index is 578. The van der Waals surface area contributed by atoms with E-state index in [1.807, 2.05) is 24.3 Å². The molecule has 3 nitrogen and oxygen atoms in total. The summed E-state index contributed by atoms with van der Waals surface area (Å²) < 4.78 is 0. The molecule has 1 aliphatic rings. The number of likely N-dealkylation sites (N-methyl/N-ethyl adjacent to an activating group) is 1. The Balaban J connectivity index is 1.91. The van der Waals surface area contributed by atoms with Crippen LogP contribution in [0.3, 0.4) is 0 Å². The second-order valence-corrected chi connectivity index (χ2v) is 5.58. The summed E-state index contributed by atoms with van der Waals surface area (Å²) in [4.78, 5) is 9.12. The molecule has 0 atom stereocenters. The van der Waals surface area contributed by atoms with Crippen LogP contribution in [-0.2, 0) is 0 Å². The van der Waals surface area contributed by atoms with Gasteiger partial charge in [-0.3, -0.25) is 0 Å². The van der Waals surface area contributed by atoms with Gasteiger partial charge in [-0.2, -0.15) is 0 Å². The molecule has 1 aromatic heterocycles. The van der Waals surface area contributed by atoms with E-state index >= 15 is 0 Å². The molecule has 0 bridgehead atoms. The van der Waals surface area contributed by atoms with Gasteiger partial charge < -0.3 is 9.80 Å². The Labute approximate surface area is 124 Å². The zero-order valence-electron chi connectivity index (χ0n) is 11.6. The average molecular weight is 288 g/mol. The first-order chi connectivity index (χ1) is 9.72. The number of nitrogens with zero attached hydrogens (tertiary/aromatic N) is 3. The molecule has 3 rings (SSSR count). The number of hydrogen-bond donors (Lipinski definition) is 0. The minimum absolute atomic E-state index is 0.556. The van der Waals surface area contributed by atoms with E-state index in [1.54, 1.807) is 0 Å². The Hall–Kier alpha value is -1.58. The molecular weight excluding hydrogens is 270 g/mol. The van der Waals surface area contributed by atoms with E-state index in [-0.39, 0.29) is 0 Å². The van der Waals surface area contributed by atoms with E-state index in [0.29, 0.717) is 5.15 Å². The fraction of sp³-hybridized carbons (Fsp3) is 0.312. The topological polar surface area (TPSA) is 19.4 Å². The number of pyridine rings is 1. The van der Waals surface area contributed by atoms with Gasteiger partial charge in [0.15, 0.2) is 0 Å². The maximum atomic E-state index is 6.20. The number of anilines is 1. The van der Waals surface area contributed by atoms with Crippen molar-refractivity contribution < 1.29 is 0 Å². The van der Waals surface area contributed by atoms with E-state index < -0.39 is 0 Å². The third-order valence-electron chi connectivity index (χ3n) is 3.71. The molecule has 0 aliphatic carbocycles. The van der Waals surface area contributed by atoms with Gasteiger partial charge in [0.1, 0.15) is 11.0 Å². The van der Waals surface area contributed by atoms with E-state index in [0.717, 1.165) is 37.6 Å². The summed E-state index contributed by atoms with van der Waals surface area (Å²) in [5, 5.41) is 0.556. The van der Waals surface area contributed by atoms with Crippen molar-refractivity contribution in [3.8, 4) is 11.1 Å². The molecule has 0 radical (unpaired) electrons. The number of piperazine rings is 1. The van der Waals surface area contributed by atoms with Crippen molar-refractivity contribution in [1.29, 1.82) is 0 Å². The molecule has 4 heteroatoms. The lowest BCUT2D eigenvalue weighted by atomic mass is 10.1. The van der Waals surface area contributed by atoms with E-state index in [9.17, 15) is 0 Å². The van der Waals surface area contributed by atoms with Crippen LogP contribution in [0.25, 0.3) is 11.1 Å². The van der Waals surface area contributed by atoms with Gasteiger partial charge >= 0.3 is 0 Å². The summed E-state index contributed by atoms with van der Waals surface area (Å²) in [7, 11) is 2.15. The van der Waals surface area contributed by atoms with Crippen LogP contribution >= 0.6 is 11.6 Å². The molecule has 1 fully saturated rings. The van der Waals surface area contributed by atoms with Crippen molar-refractivity contribution >= 4 is 17.4 Å². The molecule has 104 valence electrons. The summed E-state index contributed by atoms with van der Waals surface area (Å²) in [5.74, 6) is 0.976. The number of halogens is 1. The highest BCUT2D eigenvalue weighted by atomic mass is 35.5. The monoisotopic (exact) mass is 287 g/mol. The minimum atomic E-state index is 0.556. The molecule has 0 N–H and O–H groups in total. The van der Waals surface area contributed by atoms with Gasteiger partial charge in [-0.15, -0.1) is 0 Å². The van der Waals surface area contributed by atoms with Crippen LogP contribution in [0.1, 0.15) is 0 Å². The summed E-state index contributed by atoms with van der Waals surface area (Å²) in [5.41, 5.74) is 2.30. The van der Waals surface area contributed by atoms with Gasteiger partial charge in [0, 0.05) is 26.2 Å². The van der Waals surface area contributed by atoms with Crippen LogP contribution in [0.5, 0.6) is 0 Å². The predicted molar refractivity (Wildman–Crippen MR) is 84.4 cm³/mol. The van der Waals surface area contributed by atoms with Crippen molar-refractivity contribution in [1.82, 2.24) is 9.88 Å². The third kappa shape index (κ3) is 2.94. The van der Waals surface area contributed by atoms with Gasteiger partial charge in [-0.1, -0.05) is 41.9 Å². The molecule has 0 saturated carbocycles. The van der Waals surface area contributed by atoms with Crippen LogP contribution in [0.2, 0.25) is 5.15 Å². The molecule has 2 heterocycles. The van der Waals surface area contributed by atoms with E-state index in [1.165, 1.54) is 5.56 Å². The molecule has 0 amide bonds. The number of rotatable bonds is 2. The molecule has 1 aromatic carbocycles. The second kappa shape index (κ2) is 5.81. The molecule has 20 heavy (non-hydrogen) atoms. The van der Waals surface area contributed by atoms with Crippen molar-refractivity contribution in [2.45, 2.75) is 0 Å². The minimum Gasteiger partial charge on any atom is -0.354 e. The molecule has 1 saturated heterocycles. The molecule has 0 unspecified atom stereocenters. The first kappa shape index (κ1) is 13.4. The largest absolute Gasteiger partial charge is 0.354 e. The SMILES string of the molecule is CN1CCN(c2cc(-c3ccccc3)cc(Cl)n2)CC1. The quantitative estimate of drug-likeness (QED) is 0.791. The van der Waals surface area contributed by atoms with Crippen molar-refractivity contribution in [2.24, 2.45) is 0 Å². The zero-order valence-corrected chi connectivity index (χ0v) is 12.3. The fourth-order valence-electron chi connectivity index (χ4n) is 2.48. The van der Waals surface area contributed by atoms with Crippen LogP contribution in [-0.4, -0.2) is 43.1 Å². The first-order valence-corrected chi connectivity index (χ1v) is 7.27. The fourth-order valence-corrected chi connectivity index (χ4v) is 2.68. The lowest BCUT2D eigenvalue weighted by Crippen LogP contribution is -2.44. The van der Waals surface area contributed by atoms with Gasteiger partial charge in [-0.25, -0.2) is 4.98 Å². The van der Waals surface area contributed by atoms with Crippen LogP contribution in [0.4, 0.5) is 5.82 Å². The Morgan fingerprint density at radius 1 is 0.950 bits per heavy atom. The smallest absolute Gasteiger partial charge is 0.132 e. The molecule has 1 aliphatic heterocycles. The van der Waals surface area contributed by atoms with Crippen molar-refractivity contribution in [3.63, 3.8) is 0 Å². The summed E-state index contributed by atoms with van der Waals surface area (Å²) in [6.45, 7) is 4.12. The van der Waals surface area contributed by atoms with E-state index in [4.69, 9.17) is 11.6 Å². The summed E-state index contributed by atoms with van der Waals surface area (Å²) in [6, 6.07) is 14.4. The Morgan fingerprint density at radius 3 is 2.35 bits per heavy atom. The maximum absolute atomic E-state index is 6.20. The highest BCUT2D eigenvalue weighted by Gasteiger charge is 2.16. The average Bonchev–Trinajstić information content (AvgIpc) is 2.48. The number of hydrogen-bond acceptors (Lipinski definition) is 3. The van der Waals surface area contributed by atoms with Gasteiger partial charge in [0.2, 0.25) is 0 Å². The van der Waals surface area contributed by atoms with E-state index in [2.05, 4.69) is 40.0 Å². The number of aromatic nitrogens is 1. The summed E-state index contributed by atoms with van der Waals surface area (Å²) in [6.07, 6.45) is 0. The molecule has 2 aromatic rings. The Kier molecular flexibility index (Phi) is 3.90. The second-order valence-electron chi connectivity index (χ2n) is 5.19. The van der Waals surface area contributed by atoms with Gasteiger partial charge in [0.25, 0.3) is 0 Å². The van der Waals surface area contributed by atoms with Crippen LogP contribution < -0.4 is 4.90 Å². The standard InChI is InChI=1S/C16H18ClN3/c1-19-7-9-20(10-8-19)16-12-14(11-15(17)18-16)13-5-3-2-4-6-13/h2-6,11-12H,7-10H2,1H3. The maximum Gasteiger partial charge on any atom is 0.132 e. The summed E-state index contributed by atoms with van der Waals surface area (Å²) >= 11 is 6.20. The van der Waals surface area contributed by atoms with Crippen LogP contribution in [0, 0.1) is 0 Å². The zero-order chi connectivity index (χ0) is 13.9. The Morgan fingerprint density at radius 2 is 1.65 bits per heavy atom. The third-order valence-corrected chi connectivity index (χ3v) is 3.91. The van der Waals surface area contributed by atoms with Crippen molar-refractivity contribution in [2.75, 3.05) is 38.1 Å². The highest BCUT2D eigenvalue weighted by molar-refractivity contribution is 6.29. The lowest BCUT2D eigenvalue weighted by molar-refractivity contribution is 0.312. The normalized spacial score (nSPS) is 16.4. The van der Waals surface area contributed by atoms with Gasteiger partial charge in [-0.05, 0) is 30.3 Å². The first-order valence-electron chi connectivity index (χ1n) is 6.89. The lowest BCUT2D eigenvalue weighted by Gasteiger charge is -2.33. The van der Waals surface area contributed by atoms with Gasteiger partial charge in [0.05, 0.1) is 0 Å². The molecular formula is C16H18ClN3. The predicted octanol–water partition coefficient (Wildman–Crippen LogP) is 3.15. The van der Waals surface area contributed by atoms with Crippen molar-refractivity contribution in [3.05, 3.63) is 47.6 Å². The number of benzene rings is 1. The highest BCUT2D eigenvalue weighted by Crippen LogP contribution is 2.26. The molecule has 0 spiro atoms. The van der Waals surface area contributed by atoms with Crippen LogP contribution in [0.15, 0.2) is 42.5 Å².